The Hall–Kier alpha value is -3.46. The SMILES string of the molecule is Cc1c[nH]c(=O)c2[nH]cc(-c3cc(CS(C)(=O)=O)ccc3Nc3ccc(F)cc3F)c12. The number of nitrogens with one attached hydrogen (secondary N) is 3. The van der Waals surface area contributed by atoms with Gasteiger partial charge >= 0.3 is 0 Å². The first-order chi connectivity index (χ1) is 14.6. The molecule has 160 valence electrons. The van der Waals surface area contributed by atoms with E-state index in [0.29, 0.717) is 33.3 Å². The Balaban J connectivity index is 1.93. The summed E-state index contributed by atoms with van der Waals surface area (Å²) in [6.45, 7) is 1.84. The minimum absolute atomic E-state index is 0.0629. The Labute approximate surface area is 176 Å². The highest BCUT2D eigenvalue weighted by atomic mass is 32.2. The number of fused-ring (bicyclic) bond motifs is 1. The summed E-state index contributed by atoms with van der Waals surface area (Å²) >= 11 is 0. The van der Waals surface area contributed by atoms with E-state index in [1.54, 1.807) is 30.6 Å². The quantitative estimate of drug-likeness (QED) is 0.426. The van der Waals surface area contributed by atoms with Crippen LogP contribution in [0.1, 0.15) is 11.1 Å². The smallest absolute Gasteiger partial charge is 0.272 e. The van der Waals surface area contributed by atoms with Crippen molar-refractivity contribution >= 4 is 32.1 Å². The molecule has 0 saturated heterocycles. The van der Waals surface area contributed by atoms with Gasteiger partial charge in [-0.25, -0.2) is 17.2 Å². The van der Waals surface area contributed by atoms with Crippen LogP contribution < -0.4 is 10.9 Å². The third-order valence-corrected chi connectivity index (χ3v) is 5.78. The molecule has 0 spiro atoms. The van der Waals surface area contributed by atoms with Gasteiger partial charge < -0.3 is 15.3 Å². The monoisotopic (exact) mass is 443 g/mol. The molecule has 9 heteroatoms. The van der Waals surface area contributed by atoms with E-state index in [4.69, 9.17) is 0 Å². The van der Waals surface area contributed by atoms with Crippen molar-refractivity contribution in [2.24, 2.45) is 0 Å². The van der Waals surface area contributed by atoms with Crippen molar-refractivity contribution in [1.82, 2.24) is 9.97 Å². The van der Waals surface area contributed by atoms with E-state index in [9.17, 15) is 22.0 Å². The van der Waals surface area contributed by atoms with E-state index >= 15 is 0 Å². The fraction of sp³-hybridized carbons (Fsp3) is 0.136. The summed E-state index contributed by atoms with van der Waals surface area (Å²) in [6.07, 6.45) is 4.38. The zero-order valence-electron chi connectivity index (χ0n) is 16.7. The van der Waals surface area contributed by atoms with E-state index in [-0.39, 0.29) is 17.0 Å². The lowest BCUT2D eigenvalue weighted by Gasteiger charge is -2.15. The Morgan fingerprint density at radius 2 is 1.71 bits per heavy atom. The lowest BCUT2D eigenvalue weighted by molar-refractivity contribution is 0.586. The van der Waals surface area contributed by atoms with Crippen molar-refractivity contribution in [1.29, 1.82) is 0 Å². The van der Waals surface area contributed by atoms with Gasteiger partial charge in [0.25, 0.3) is 5.56 Å². The normalized spacial score (nSPS) is 11.7. The van der Waals surface area contributed by atoms with E-state index in [2.05, 4.69) is 15.3 Å². The molecule has 0 amide bonds. The first-order valence-corrected chi connectivity index (χ1v) is 11.4. The van der Waals surface area contributed by atoms with E-state index in [1.165, 1.54) is 6.07 Å². The van der Waals surface area contributed by atoms with Gasteiger partial charge in [-0.2, -0.15) is 0 Å². The highest BCUT2D eigenvalue weighted by molar-refractivity contribution is 7.89. The van der Waals surface area contributed by atoms with Crippen molar-refractivity contribution < 1.29 is 17.2 Å². The molecular weight excluding hydrogens is 424 g/mol. The van der Waals surface area contributed by atoms with Gasteiger partial charge in [-0.3, -0.25) is 4.79 Å². The molecule has 0 bridgehead atoms. The number of hydrogen-bond donors (Lipinski definition) is 3. The van der Waals surface area contributed by atoms with Gasteiger partial charge in [-0.05, 0) is 42.3 Å². The maximum absolute atomic E-state index is 14.2. The molecule has 0 radical (unpaired) electrons. The molecule has 0 aliphatic heterocycles. The Kier molecular flexibility index (Phi) is 5.14. The number of aromatic amines is 2. The van der Waals surface area contributed by atoms with E-state index in [0.717, 1.165) is 24.0 Å². The van der Waals surface area contributed by atoms with Crippen LogP contribution in [0.3, 0.4) is 0 Å². The second-order valence-corrected chi connectivity index (χ2v) is 9.59. The summed E-state index contributed by atoms with van der Waals surface area (Å²) in [4.78, 5) is 17.8. The van der Waals surface area contributed by atoms with E-state index < -0.39 is 21.5 Å². The molecule has 6 nitrogen and oxygen atoms in total. The van der Waals surface area contributed by atoms with Gasteiger partial charge in [0.2, 0.25) is 0 Å². The van der Waals surface area contributed by atoms with Gasteiger partial charge in [0.15, 0.2) is 9.84 Å². The minimum atomic E-state index is -3.29. The second-order valence-electron chi connectivity index (χ2n) is 7.45. The molecule has 0 saturated carbocycles. The van der Waals surface area contributed by atoms with Gasteiger partial charge in [-0.1, -0.05) is 6.07 Å². The number of hydrogen-bond acceptors (Lipinski definition) is 4. The van der Waals surface area contributed by atoms with Crippen molar-refractivity contribution in [2.45, 2.75) is 12.7 Å². The first-order valence-electron chi connectivity index (χ1n) is 9.35. The Morgan fingerprint density at radius 3 is 2.42 bits per heavy atom. The van der Waals surface area contributed by atoms with Crippen molar-refractivity contribution in [3.63, 3.8) is 0 Å². The van der Waals surface area contributed by atoms with Gasteiger partial charge in [0.1, 0.15) is 17.2 Å². The topological polar surface area (TPSA) is 94.8 Å². The van der Waals surface area contributed by atoms with Crippen LogP contribution in [-0.2, 0) is 15.6 Å². The van der Waals surface area contributed by atoms with Crippen LogP contribution in [0.2, 0.25) is 0 Å². The molecule has 0 atom stereocenters. The van der Waals surface area contributed by atoms with Crippen LogP contribution in [0.25, 0.3) is 22.0 Å². The van der Waals surface area contributed by atoms with Crippen LogP contribution in [0.15, 0.2) is 53.6 Å². The lowest BCUT2D eigenvalue weighted by Crippen LogP contribution is -2.06. The molecule has 4 rings (SSSR count). The zero-order chi connectivity index (χ0) is 22.3. The van der Waals surface area contributed by atoms with Crippen LogP contribution in [0, 0.1) is 18.6 Å². The molecule has 31 heavy (non-hydrogen) atoms. The predicted molar refractivity (Wildman–Crippen MR) is 117 cm³/mol. The third-order valence-electron chi connectivity index (χ3n) is 4.92. The average molecular weight is 443 g/mol. The molecule has 2 aromatic heterocycles. The summed E-state index contributed by atoms with van der Waals surface area (Å²) in [7, 11) is -3.29. The standard InChI is InChI=1S/C22H19F2N3O3S/c1-12-9-26-22(28)21-20(12)16(10-25-21)15-7-13(11-31(2,29)30)3-5-18(15)27-19-6-4-14(23)8-17(19)24/h3-10,25,27H,11H2,1-2H3,(H,26,28). The highest BCUT2D eigenvalue weighted by Crippen LogP contribution is 2.37. The third kappa shape index (κ3) is 4.22. The fourth-order valence-corrected chi connectivity index (χ4v) is 4.38. The van der Waals surface area contributed by atoms with Gasteiger partial charge in [-0.15, -0.1) is 0 Å². The zero-order valence-corrected chi connectivity index (χ0v) is 17.5. The number of aromatic nitrogens is 2. The van der Waals surface area contributed by atoms with Gasteiger partial charge in [0.05, 0.1) is 11.4 Å². The average Bonchev–Trinajstić information content (AvgIpc) is 3.13. The molecule has 4 aromatic rings. The van der Waals surface area contributed by atoms with Crippen LogP contribution in [0.4, 0.5) is 20.2 Å². The summed E-state index contributed by atoms with van der Waals surface area (Å²) < 4.78 is 51.2. The Bertz CT molecular complexity index is 1470. The number of rotatable bonds is 5. The molecule has 0 aliphatic rings. The van der Waals surface area contributed by atoms with Crippen LogP contribution in [0.5, 0.6) is 0 Å². The van der Waals surface area contributed by atoms with Crippen molar-refractivity contribution in [2.75, 3.05) is 11.6 Å². The Morgan fingerprint density at radius 1 is 0.968 bits per heavy atom. The minimum Gasteiger partial charge on any atom is -0.356 e. The van der Waals surface area contributed by atoms with Crippen LogP contribution in [-0.4, -0.2) is 24.6 Å². The number of benzene rings is 2. The van der Waals surface area contributed by atoms with Crippen molar-refractivity contribution in [3.8, 4) is 11.1 Å². The largest absolute Gasteiger partial charge is 0.356 e. The molecule has 0 unspecified atom stereocenters. The summed E-state index contributed by atoms with van der Waals surface area (Å²) in [6, 6.07) is 8.15. The van der Waals surface area contributed by atoms with Crippen molar-refractivity contribution in [3.05, 3.63) is 81.9 Å². The molecule has 3 N–H and O–H groups in total. The van der Waals surface area contributed by atoms with E-state index in [1.807, 2.05) is 6.92 Å². The number of H-pyrrole nitrogens is 2. The summed E-state index contributed by atoms with van der Waals surface area (Å²) in [5, 5.41) is 3.62. The first kappa shape index (κ1) is 20.8. The summed E-state index contributed by atoms with van der Waals surface area (Å²) in [5.74, 6) is -1.64. The lowest BCUT2D eigenvalue weighted by atomic mass is 9.99. The number of sulfone groups is 1. The molecule has 0 aliphatic carbocycles. The maximum Gasteiger partial charge on any atom is 0.272 e. The number of anilines is 2. The predicted octanol–water partition coefficient (Wildman–Crippen LogP) is 4.40. The van der Waals surface area contributed by atoms with Gasteiger partial charge in [0, 0.05) is 46.9 Å². The second kappa shape index (κ2) is 7.66. The number of pyridine rings is 1. The summed E-state index contributed by atoms with van der Waals surface area (Å²) in [5.41, 5.74) is 3.19. The highest BCUT2D eigenvalue weighted by Gasteiger charge is 2.17. The molecule has 0 fully saturated rings. The molecule has 2 heterocycles. The molecule has 2 aromatic carbocycles. The van der Waals surface area contributed by atoms with Crippen LogP contribution >= 0.6 is 0 Å². The maximum atomic E-state index is 14.2. The number of halogens is 2. The molecular formula is C22H19F2N3O3S. The fourth-order valence-electron chi connectivity index (χ4n) is 3.59. The number of aryl methyl sites for hydroxylation is 1.